The SMILES string of the molecule is CN(C)c1ccc(C(CNC(=O)Cc2ccc(C(F)(F)F)cc2)N2CCN(c3ccccc3)CC2)cc1.Fc1ccc(CCNCC(c2ccc(C(F)(F)F)cc2)N2CCN(c3ccccc3)CC2)cc1.O=C(CC1=CC2NN=CC2C=C1)C[C@@H]1CCCC[C@H]1CN1CCC[C@@H](Cc2ccc(F)cc2)C1.O=C(Nc1ccc(-n2cncn2)cc1)N[C@@H]1CCCC[C@H]1CN1CCC[C@@H](Cc2ccc(F)cc2)C1.[HH].[HH].[HH].[HH]. The average Bonchev–Trinajstić information content (AvgIpc) is 1.28. The van der Waals surface area contributed by atoms with Crippen molar-refractivity contribution in [2.45, 2.75) is 152 Å². The molecule has 4 unspecified atom stereocenters. The normalized spacial score (nSPS) is 21.2. The highest BCUT2D eigenvalue weighted by molar-refractivity contribution is 5.89. The molecule has 18 rings (SSSR count). The highest BCUT2D eigenvalue weighted by Crippen LogP contribution is 2.39. The number of urea groups is 1. The summed E-state index contributed by atoms with van der Waals surface area (Å²) in [5, 5.41) is 21.0. The molecule has 756 valence electrons. The van der Waals surface area contributed by atoms with E-state index >= 15 is 0 Å². The van der Waals surface area contributed by atoms with Crippen LogP contribution in [-0.4, -0.2) is 196 Å². The van der Waals surface area contributed by atoms with Gasteiger partial charge in [0.05, 0.1) is 35.3 Å². The number of hydrogen-bond donors (Lipinski definition) is 5. The molecule has 3 aliphatic carbocycles. The highest BCUT2D eigenvalue weighted by Gasteiger charge is 2.37. The van der Waals surface area contributed by atoms with E-state index < -0.39 is 23.5 Å². The van der Waals surface area contributed by atoms with Crippen LogP contribution in [0.2, 0.25) is 0 Å². The number of Topliss-reactive ketones (excluding diaryl/α,β-unsaturated/α-hetero) is 1. The largest absolute Gasteiger partial charge is 0.416 e. The Balaban J connectivity index is 0.000000183. The predicted octanol–water partition coefficient (Wildman–Crippen LogP) is 21.9. The minimum Gasteiger partial charge on any atom is -0.378 e. The molecule has 0 spiro atoms. The Morgan fingerprint density at radius 3 is 1.53 bits per heavy atom. The van der Waals surface area contributed by atoms with Crippen LogP contribution in [0.15, 0.2) is 272 Å². The van der Waals surface area contributed by atoms with Gasteiger partial charge in [0.2, 0.25) is 5.91 Å². The quantitative estimate of drug-likeness (QED) is 0.0205. The molecule has 8 aliphatic rings. The van der Waals surface area contributed by atoms with E-state index in [2.05, 4.69) is 138 Å². The summed E-state index contributed by atoms with van der Waals surface area (Å²) in [6.45, 7) is 15.2. The summed E-state index contributed by atoms with van der Waals surface area (Å²) in [4.78, 5) is 59.3. The molecule has 28 heteroatoms. The number of piperidine rings is 2. The number of rotatable bonds is 31. The van der Waals surface area contributed by atoms with E-state index in [0.717, 1.165) is 181 Å². The van der Waals surface area contributed by atoms with Crippen molar-refractivity contribution < 1.29 is 59.6 Å². The number of nitrogens with zero attached hydrogens (tertiary/aromatic N) is 11. The monoisotopic (exact) mass is 1940 g/mol. The molecular formula is C113H143F9N16O3. The first-order chi connectivity index (χ1) is 68.3. The number of hydrogen-bond acceptors (Lipinski definition) is 15. The van der Waals surface area contributed by atoms with Crippen LogP contribution in [0.5, 0.6) is 0 Å². The van der Waals surface area contributed by atoms with Gasteiger partial charge in [-0.1, -0.05) is 153 Å². The van der Waals surface area contributed by atoms with Crippen molar-refractivity contribution in [3.05, 3.63) is 329 Å². The lowest BCUT2D eigenvalue weighted by Gasteiger charge is -2.40. The van der Waals surface area contributed by atoms with Crippen LogP contribution >= 0.6 is 0 Å². The number of hydrazone groups is 1. The third-order valence-electron chi connectivity index (χ3n) is 29.0. The summed E-state index contributed by atoms with van der Waals surface area (Å²) in [7, 11) is 3.99. The number of para-hydroxylation sites is 2. The van der Waals surface area contributed by atoms with Gasteiger partial charge in [0.25, 0.3) is 0 Å². The van der Waals surface area contributed by atoms with Gasteiger partial charge in [0.1, 0.15) is 35.9 Å². The van der Waals surface area contributed by atoms with E-state index in [4.69, 9.17) is 0 Å². The first kappa shape index (κ1) is 103. The standard InChI is InChI=1S/C29H33F3N4O.C29H38FN3O.C28H35FN6O.C27H29F4N3.4H2/c1-34(2)25-14-10-23(11-15-25)27(36-18-16-35(17-19-36)26-6-4-3-5-7-26)21-33-28(37)20-22-8-12-24(13-9-22)29(30,31)32;30-27-11-8-21(9-12-27)14-23-4-3-13-33(19-23)20-26-6-2-1-5-24(26)17-28(34)15-22-7-10-25-18-31-32-29(25)16-22;29-24-9-7-21(8-10-24)16-22-4-3-15-34(17-22)18-23-5-1-2-6-27(23)33-28(36)32-25-11-13-26(14-12-25)35-20-30-19-31-35;28-24-12-6-21(7-13-24)14-15-32-20-26(22-8-10-23(11-9-22)27(29,30)31)34-18-16-33(17-19-34)25-4-2-1-3-5-25;;;;/h3-15,27H,16-21H2,1-2H3,(H,33,37);7-12,16,18,23-26,29,32H,1-6,13-15,17,19-20H2;7-14,19-20,22-23,27H,1-6,15-18H2,(H2,32,33,36);1-13,26,32H,14-20H2;4*1H/t;23-,24-,25?,26-,29?;22-,23-,27+;;;;;/m.00...../s1. The first-order valence-corrected chi connectivity index (χ1v) is 50.4. The number of ketones is 1. The number of benzene rings is 9. The minimum absolute atomic E-state index is 0. The van der Waals surface area contributed by atoms with Crippen molar-refractivity contribution in [2.75, 3.05) is 145 Å². The Hall–Kier alpha value is -12.0. The van der Waals surface area contributed by atoms with Gasteiger partial charge in [-0.3, -0.25) is 19.4 Å². The minimum atomic E-state index is -4.39. The molecule has 9 aromatic carbocycles. The van der Waals surface area contributed by atoms with Crippen molar-refractivity contribution in [2.24, 2.45) is 40.6 Å². The van der Waals surface area contributed by atoms with Gasteiger partial charge in [-0.25, -0.2) is 27.6 Å². The van der Waals surface area contributed by atoms with Gasteiger partial charge < -0.3 is 51.2 Å². The first-order valence-electron chi connectivity index (χ1n) is 50.4. The van der Waals surface area contributed by atoms with Crippen LogP contribution in [0.1, 0.15) is 152 Å². The number of amides is 3. The molecule has 4 saturated heterocycles. The molecule has 6 heterocycles. The van der Waals surface area contributed by atoms with E-state index in [0.29, 0.717) is 72.9 Å². The van der Waals surface area contributed by atoms with Crippen molar-refractivity contribution in [3.63, 3.8) is 0 Å². The van der Waals surface area contributed by atoms with Crippen LogP contribution in [0.25, 0.3) is 5.69 Å². The van der Waals surface area contributed by atoms with Crippen molar-refractivity contribution >= 4 is 46.7 Å². The summed E-state index contributed by atoms with van der Waals surface area (Å²) in [6, 6.07) is 67.4. The molecule has 3 amide bonds. The van der Waals surface area contributed by atoms with Crippen molar-refractivity contribution in [3.8, 4) is 5.69 Å². The Morgan fingerprint density at radius 1 is 0.504 bits per heavy atom. The van der Waals surface area contributed by atoms with Crippen LogP contribution in [0.3, 0.4) is 0 Å². The van der Waals surface area contributed by atoms with Gasteiger partial charge >= 0.3 is 18.4 Å². The van der Waals surface area contributed by atoms with E-state index in [-0.39, 0.29) is 65.7 Å². The smallest absolute Gasteiger partial charge is 0.378 e. The topological polar surface area (TPSA) is 177 Å². The maximum Gasteiger partial charge on any atom is 0.416 e. The van der Waals surface area contributed by atoms with Crippen LogP contribution in [-0.2, 0) is 47.6 Å². The molecule has 10 atom stereocenters. The van der Waals surface area contributed by atoms with Crippen LogP contribution in [0.4, 0.5) is 67.1 Å². The number of carbonyl (C=O) groups excluding carboxylic acids is 3. The molecule has 2 saturated carbocycles. The van der Waals surface area contributed by atoms with E-state index in [1.807, 2.05) is 110 Å². The lowest BCUT2D eigenvalue weighted by atomic mass is 9.75. The van der Waals surface area contributed by atoms with Crippen LogP contribution in [0, 0.1) is 53.0 Å². The molecular weight excluding hydrogens is 1800 g/mol. The van der Waals surface area contributed by atoms with Gasteiger partial charge in [0.15, 0.2) is 0 Å². The number of carbonyl (C=O) groups is 3. The van der Waals surface area contributed by atoms with Crippen molar-refractivity contribution in [1.29, 1.82) is 0 Å². The fourth-order valence-corrected chi connectivity index (χ4v) is 21.3. The number of alkyl halides is 6. The molecule has 141 heavy (non-hydrogen) atoms. The fraction of sp³-hybridized carbons (Fsp3) is 0.434. The second-order valence-corrected chi connectivity index (χ2v) is 39.3. The predicted molar refractivity (Wildman–Crippen MR) is 551 cm³/mol. The van der Waals surface area contributed by atoms with Gasteiger partial charge in [-0.05, 0) is 280 Å². The number of halogens is 9. The lowest BCUT2D eigenvalue weighted by molar-refractivity contribution is -0.138. The van der Waals surface area contributed by atoms with Gasteiger partial charge in [0, 0.05) is 171 Å². The van der Waals surface area contributed by atoms with Crippen molar-refractivity contribution in [1.82, 2.24) is 55.7 Å². The van der Waals surface area contributed by atoms with Gasteiger partial charge in [-0.2, -0.15) is 36.5 Å². The molecule has 1 aromatic heterocycles. The van der Waals surface area contributed by atoms with E-state index in [9.17, 15) is 53.9 Å². The Kier molecular flexibility index (Phi) is 37.5. The highest BCUT2D eigenvalue weighted by atomic mass is 19.4. The number of nitrogens with one attached hydrogen (secondary N) is 5. The zero-order valence-electron chi connectivity index (χ0n) is 81.0. The molecule has 0 bridgehead atoms. The molecule has 10 aromatic rings. The molecule has 5 aliphatic heterocycles. The summed E-state index contributed by atoms with van der Waals surface area (Å²) in [6.07, 6.45) is 21.4. The number of fused-ring (bicyclic) bond motifs is 1. The molecule has 0 radical (unpaired) electrons. The molecule has 6 fully saturated rings. The maximum absolute atomic E-state index is 13.3. The Bertz CT molecular complexity index is 5600. The number of allylic oxidation sites excluding steroid dienone is 2. The second kappa shape index (κ2) is 51.1. The summed E-state index contributed by atoms with van der Waals surface area (Å²) < 4.78 is 119. The zero-order chi connectivity index (χ0) is 98.5. The van der Waals surface area contributed by atoms with Gasteiger partial charge in [-0.15, -0.1) is 0 Å². The average molecular weight is 1940 g/mol. The van der Waals surface area contributed by atoms with E-state index in [1.54, 1.807) is 59.5 Å². The summed E-state index contributed by atoms with van der Waals surface area (Å²) in [5.74, 6) is 2.78. The number of likely N-dealkylation sites (tertiary alicyclic amines) is 2. The number of aromatic nitrogens is 3. The zero-order valence-corrected chi connectivity index (χ0v) is 81.0. The van der Waals surface area contributed by atoms with Crippen LogP contribution < -0.4 is 41.4 Å². The summed E-state index contributed by atoms with van der Waals surface area (Å²) >= 11 is 0. The maximum atomic E-state index is 13.3. The second-order valence-electron chi connectivity index (χ2n) is 39.3. The molecule has 5 N–H and O–H groups in total. The fourth-order valence-electron chi connectivity index (χ4n) is 21.3. The lowest BCUT2D eigenvalue weighted by Crippen LogP contribution is -2.50. The molecule has 19 nitrogen and oxygen atoms in total. The summed E-state index contributed by atoms with van der Waals surface area (Å²) in [5.41, 5.74) is 14.1. The van der Waals surface area contributed by atoms with E-state index in [1.165, 1.54) is 130 Å². The third kappa shape index (κ3) is 31.5. The Morgan fingerprint density at radius 2 is 1.00 bits per heavy atom. The third-order valence-corrected chi connectivity index (χ3v) is 29.0. The Labute approximate surface area is 830 Å². The number of anilines is 4. The number of piperazine rings is 2.